The van der Waals surface area contributed by atoms with Gasteiger partial charge in [0.1, 0.15) is 23.3 Å². The fourth-order valence-corrected chi connectivity index (χ4v) is 2.38. The molecule has 0 bridgehead atoms. The number of benzene rings is 2. The van der Waals surface area contributed by atoms with Gasteiger partial charge in [-0.1, -0.05) is 18.2 Å². The maximum atomic E-state index is 12.3. The number of ketones is 1. The van der Waals surface area contributed by atoms with E-state index < -0.39 is 30.3 Å². The van der Waals surface area contributed by atoms with Crippen LogP contribution in [0.25, 0.3) is 0 Å². The van der Waals surface area contributed by atoms with Crippen LogP contribution in [0.1, 0.15) is 17.3 Å². The number of rotatable bonds is 10. The second kappa shape index (κ2) is 10.7. The van der Waals surface area contributed by atoms with Crippen molar-refractivity contribution in [3.8, 4) is 17.2 Å². The number of Topliss-reactive ketones (excluding diaryl/α,β-unsaturated/α-hetero) is 1. The summed E-state index contributed by atoms with van der Waals surface area (Å²) in [6.45, 7) is 0.729. The molecule has 0 aliphatic carbocycles. The fourth-order valence-electron chi connectivity index (χ4n) is 2.38. The van der Waals surface area contributed by atoms with E-state index in [1.807, 2.05) is 6.07 Å². The molecule has 1 N–H and O–H groups in total. The SMILES string of the molecule is COc1ccc(C(=O)COC(=O)[C@H](C)NC(=O)COc2ccccc2)c(OC)c1. The molecule has 0 saturated heterocycles. The quantitative estimate of drug-likeness (QED) is 0.480. The molecule has 0 aliphatic heterocycles. The van der Waals surface area contributed by atoms with Crippen LogP contribution in [-0.4, -0.2) is 51.1 Å². The third-order valence-corrected chi connectivity index (χ3v) is 3.90. The van der Waals surface area contributed by atoms with Crippen molar-refractivity contribution < 1.29 is 33.3 Å². The van der Waals surface area contributed by atoms with Crippen LogP contribution >= 0.6 is 0 Å². The number of amides is 1. The molecule has 0 radical (unpaired) electrons. The first-order valence-corrected chi connectivity index (χ1v) is 8.83. The first kappa shape index (κ1) is 21.7. The predicted octanol–water partition coefficient (Wildman–Crippen LogP) is 2.01. The van der Waals surface area contributed by atoms with Crippen molar-refractivity contribution in [1.29, 1.82) is 0 Å². The number of carbonyl (C=O) groups is 3. The Hall–Kier alpha value is -3.55. The van der Waals surface area contributed by atoms with Gasteiger partial charge in [0.05, 0.1) is 19.8 Å². The Morgan fingerprint density at radius 1 is 0.931 bits per heavy atom. The van der Waals surface area contributed by atoms with Crippen molar-refractivity contribution in [2.24, 2.45) is 0 Å². The van der Waals surface area contributed by atoms with Gasteiger partial charge in [-0.3, -0.25) is 9.59 Å². The van der Waals surface area contributed by atoms with E-state index in [0.29, 0.717) is 17.2 Å². The van der Waals surface area contributed by atoms with Crippen LogP contribution in [0.4, 0.5) is 0 Å². The summed E-state index contributed by atoms with van der Waals surface area (Å²) < 4.78 is 20.6. The van der Waals surface area contributed by atoms with E-state index in [2.05, 4.69) is 5.32 Å². The molecule has 2 aromatic carbocycles. The van der Waals surface area contributed by atoms with Crippen LogP contribution in [0.3, 0.4) is 0 Å². The number of methoxy groups -OCH3 is 2. The summed E-state index contributed by atoms with van der Waals surface area (Å²) in [5.74, 6) is -0.282. The van der Waals surface area contributed by atoms with Gasteiger partial charge >= 0.3 is 5.97 Å². The molecule has 0 unspecified atom stereocenters. The first-order valence-electron chi connectivity index (χ1n) is 8.83. The molecule has 0 aromatic heterocycles. The highest BCUT2D eigenvalue weighted by atomic mass is 16.5. The van der Waals surface area contributed by atoms with Gasteiger partial charge < -0.3 is 24.3 Å². The zero-order chi connectivity index (χ0) is 21.2. The summed E-state index contributed by atoms with van der Waals surface area (Å²) in [5.41, 5.74) is 0.258. The van der Waals surface area contributed by atoms with Gasteiger partial charge in [-0.05, 0) is 31.2 Å². The van der Waals surface area contributed by atoms with Crippen LogP contribution in [0.5, 0.6) is 17.2 Å². The van der Waals surface area contributed by atoms with Crippen molar-refractivity contribution in [2.45, 2.75) is 13.0 Å². The standard InChI is InChI=1S/C21H23NO7/c1-14(22-20(24)13-28-15-7-5-4-6-8-15)21(25)29-12-18(23)17-10-9-16(26-2)11-19(17)27-3/h4-11,14H,12-13H2,1-3H3,(H,22,24)/t14-/m0/s1. The minimum atomic E-state index is -0.938. The number of carbonyl (C=O) groups excluding carboxylic acids is 3. The maximum absolute atomic E-state index is 12.3. The Balaban J connectivity index is 1.82. The van der Waals surface area contributed by atoms with Gasteiger partial charge in [0, 0.05) is 6.07 Å². The van der Waals surface area contributed by atoms with E-state index in [9.17, 15) is 14.4 Å². The van der Waals surface area contributed by atoms with Crippen molar-refractivity contribution in [3.05, 3.63) is 54.1 Å². The number of para-hydroxylation sites is 1. The normalized spacial score (nSPS) is 11.1. The van der Waals surface area contributed by atoms with Crippen molar-refractivity contribution >= 4 is 17.7 Å². The Morgan fingerprint density at radius 2 is 1.66 bits per heavy atom. The molecule has 0 heterocycles. The van der Waals surface area contributed by atoms with Gasteiger partial charge in [0.15, 0.2) is 13.2 Å². The second-order valence-electron chi connectivity index (χ2n) is 5.99. The van der Waals surface area contributed by atoms with E-state index in [4.69, 9.17) is 18.9 Å². The molecule has 2 aromatic rings. The molecule has 8 heteroatoms. The maximum Gasteiger partial charge on any atom is 0.328 e. The molecule has 0 spiro atoms. The lowest BCUT2D eigenvalue weighted by Crippen LogP contribution is -2.42. The Bertz CT molecular complexity index is 851. The van der Waals surface area contributed by atoms with Crippen LogP contribution < -0.4 is 19.5 Å². The smallest absolute Gasteiger partial charge is 0.328 e. The lowest BCUT2D eigenvalue weighted by atomic mass is 10.1. The molecule has 1 atom stereocenters. The van der Waals surface area contributed by atoms with Gasteiger partial charge in [-0.25, -0.2) is 4.79 Å². The van der Waals surface area contributed by atoms with Crippen LogP contribution in [0, 0.1) is 0 Å². The summed E-state index contributed by atoms with van der Waals surface area (Å²) in [7, 11) is 2.92. The number of nitrogens with one attached hydrogen (secondary N) is 1. The van der Waals surface area contributed by atoms with E-state index in [1.165, 1.54) is 27.2 Å². The predicted molar refractivity (Wildman–Crippen MR) is 104 cm³/mol. The molecular weight excluding hydrogens is 378 g/mol. The summed E-state index contributed by atoms with van der Waals surface area (Å²) in [6, 6.07) is 12.6. The second-order valence-corrected chi connectivity index (χ2v) is 5.99. The number of esters is 1. The molecular formula is C21H23NO7. The average molecular weight is 401 g/mol. The third kappa shape index (κ3) is 6.53. The minimum absolute atomic E-state index is 0.246. The van der Waals surface area contributed by atoms with Crippen molar-refractivity contribution in [2.75, 3.05) is 27.4 Å². The molecule has 154 valence electrons. The monoisotopic (exact) mass is 401 g/mol. The largest absolute Gasteiger partial charge is 0.497 e. The highest BCUT2D eigenvalue weighted by molar-refractivity contribution is 6.00. The molecule has 2 rings (SSSR count). The highest BCUT2D eigenvalue weighted by Crippen LogP contribution is 2.25. The molecule has 8 nitrogen and oxygen atoms in total. The Kier molecular flexibility index (Phi) is 8.02. The Morgan fingerprint density at radius 3 is 2.31 bits per heavy atom. The number of hydrogen-bond acceptors (Lipinski definition) is 7. The lowest BCUT2D eigenvalue weighted by Gasteiger charge is -2.14. The van der Waals surface area contributed by atoms with E-state index >= 15 is 0 Å². The highest BCUT2D eigenvalue weighted by Gasteiger charge is 2.20. The fraction of sp³-hybridized carbons (Fsp3) is 0.286. The van der Waals surface area contributed by atoms with Gasteiger partial charge in [-0.15, -0.1) is 0 Å². The topological polar surface area (TPSA) is 100 Å². The van der Waals surface area contributed by atoms with Gasteiger partial charge in [-0.2, -0.15) is 0 Å². The van der Waals surface area contributed by atoms with E-state index in [0.717, 1.165) is 0 Å². The zero-order valence-electron chi connectivity index (χ0n) is 16.5. The summed E-state index contributed by atoms with van der Waals surface area (Å²) in [6.07, 6.45) is 0. The van der Waals surface area contributed by atoms with Crippen LogP contribution in [0.2, 0.25) is 0 Å². The Labute approximate surface area is 168 Å². The van der Waals surface area contributed by atoms with Crippen molar-refractivity contribution in [1.82, 2.24) is 5.32 Å². The first-order chi connectivity index (χ1) is 13.9. The van der Waals surface area contributed by atoms with Crippen LogP contribution in [0.15, 0.2) is 48.5 Å². The number of hydrogen-bond donors (Lipinski definition) is 1. The molecule has 0 aliphatic rings. The summed E-state index contributed by atoms with van der Waals surface area (Å²) in [5, 5.41) is 2.46. The lowest BCUT2D eigenvalue weighted by molar-refractivity contribution is -0.146. The number of ether oxygens (including phenoxy) is 4. The molecule has 0 fully saturated rings. The van der Waals surface area contributed by atoms with Crippen LogP contribution in [-0.2, 0) is 14.3 Å². The van der Waals surface area contributed by atoms with Gasteiger partial charge in [0.2, 0.25) is 5.78 Å². The third-order valence-electron chi connectivity index (χ3n) is 3.90. The zero-order valence-corrected chi connectivity index (χ0v) is 16.5. The summed E-state index contributed by atoms with van der Waals surface area (Å²) in [4.78, 5) is 36.3. The van der Waals surface area contributed by atoms with E-state index in [-0.39, 0.29) is 12.2 Å². The summed E-state index contributed by atoms with van der Waals surface area (Å²) >= 11 is 0. The van der Waals surface area contributed by atoms with Gasteiger partial charge in [0.25, 0.3) is 5.91 Å². The molecule has 0 saturated carbocycles. The minimum Gasteiger partial charge on any atom is -0.497 e. The molecule has 1 amide bonds. The van der Waals surface area contributed by atoms with E-state index in [1.54, 1.807) is 36.4 Å². The molecule has 29 heavy (non-hydrogen) atoms. The average Bonchev–Trinajstić information content (AvgIpc) is 2.75. The van der Waals surface area contributed by atoms with Crippen molar-refractivity contribution in [3.63, 3.8) is 0 Å².